The van der Waals surface area contributed by atoms with E-state index in [2.05, 4.69) is 15.0 Å². The van der Waals surface area contributed by atoms with Crippen LogP contribution in [0.2, 0.25) is 0 Å². The quantitative estimate of drug-likeness (QED) is 0.763. The summed E-state index contributed by atoms with van der Waals surface area (Å²) >= 11 is 1.54. The molecule has 1 atom stereocenters. The van der Waals surface area contributed by atoms with Gasteiger partial charge >= 0.3 is 6.61 Å². The Morgan fingerprint density at radius 1 is 1.36 bits per heavy atom. The molecular weight excluding hydrogens is 388 g/mol. The second kappa shape index (κ2) is 8.64. The van der Waals surface area contributed by atoms with Crippen LogP contribution < -0.4 is 10.1 Å². The van der Waals surface area contributed by atoms with E-state index in [0.717, 1.165) is 21.1 Å². The SMILES string of the molecule is Cc1nc(CNC(=O)C2CCC(=O)N2Cc2ccc(OC(F)F)cc2)sc1C. The summed E-state index contributed by atoms with van der Waals surface area (Å²) in [5, 5.41) is 3.69. The van der Waals surface area contributed by atoms with Crippen molar-refractivity contribution in [3.63, 3.8) is 0 Å². The molecular formula is C19H21F2N3O3S. The number of ether oxygens (including phenoxy) is 1. The number of halogens is 2. The highest BCUT2D eigenvalue weighted by atomic mass is 32.1. The first-order chi connectivity index (χ1) is 13.3. The van der Waals surface area contributed by atoms with Crippen LogP contribution in [0.5, 0.6) is 5.75 Å². The van der Waals surface area contributed by atoms with Crippen LogP contribution in [-0.2, 0) is 22.7 Å². The number of carbonyl (C=O) groups excluding carboxylic acids is 2. The molecule has 0 aliphatic carbocycles. The topological polar surface area (TPSA) is 71.5 Å². The lowest BCUT2D eigenvalue weighted by Gasteiger charge is -2.24. The number of nitrogens with one attached hydrogen (secondary N) is 1. The third-order valence-electron chi connectivity index (χ3n) is 4.62. The maximum atomic E-state index is 12.6. The van der Waals surface area contributed by atoms with Gasteiger partial charge in [-0.2, -0.15) is 8.78 Å². The highest BCUT2D eigenvalue weighted by molar-refractivity contribution is 7.11. The predicted molar refractivity (Wildman–Crippen MR) is 100 cm³/mol. The Labute approximate surface area is 165 Å². The summed E-state index contributed by atoms with van der Waals surface area (Å²) in [6.07, 6.45) is 0.757. The molecule has 2 aromatic rings. The van der Waals surface area contributed by atoms with E-state index in [1.807, 2.05) is 13.8 Å². The number of thiazole rings is 1. The molecule has 1 aliphatic heterocycles. The number of carbonyl (C=O) groups is 2. The number of aromatic nitrogens is 1. The Bertz CT molecular complexity index is 835. The fourth-order valence-electron chi connectivity index (χ4n) is 3.07. The van der Waals surface area contributed by atoms with E-state index in [4.69, 9.17) is 0 Å². The second-order valence-electron chi connectivity index (χ2n) is 6.57. The fourth-order valence-corrected chi connectivity index (χ4v) is 3.95. The van der Waals surface area contributed by atoms with Crippen LogP contribution in [0.1, 0.15) is 34.0 Å². The Balaban J connectivity index is 1.61. The summed E-state index contributed by atoms with van der Waals surface area (Å²) in [5.74, 6) is -0.266. The maximum absolute atomic E-state index is 12.6. The molecule has 1 aromatic carbocycles. The molecule has 0 bridgehead atoms. The average molecular weight is 409 g/mol. The van der Waals surface area contributed by atoms with Gasteiger partial charge in [-0.1, -0.05) is 12.1 Å². The summed E-state index contributed by atoms with van der Waals surface area (Å²) in [7, 11) is 0. The van der Waals surface area contributed by atoms with Crippen molar-refractivity contribution in [2.75, 3.05) is 0 Å². The first kappa shape index (κ1) is 20.2. The van der Waals surface area contributed by atoms with Crippen molar-refractivity contribution in [2.24, 2.45) is 0 Å². The van der Waals surface area contributed by atoms with Crippen molar-refractivity contribution < 1.29 is 23.1 Å². The van der Waals surface area contributed by atoms with Crippen molar-refractivity contribution >= 4 is 23.2 Å². The predicted octanol–water partition coefficient (Wildman–Crippen LogP) is 3.17. The molecule has 0 radical (unpaired) electrons. The third kappa shape index (κ3) is 4.83. The van der Waals surface area contributed by atoms with E-state index in [-0.39, 0.29) is 24.1 Å². The van der Waals surface area contributed by atoms with Crippen LogP contribution in [-0.4, -0.2) is 34.4 Å². The Kier molecular flexibility index (Phi) is 6.23. The number of hydrogen-bond donors (Lipinski definition) is 1. The van der Waals surface area contributed by atoms with Crippen LogP contribution in [0.3, 0.4) is 0 Å². The van der Waals surface area contributed by atoms with E-state index in [9.17, 15) is 18.4 Å². The number of amides is 2. The molecule has 3 rings (SSSR count). The lowest BCUT2D eigenvalue weighted by Crippen LogP contribution is -2.44. The molecule has 1 saturated heterocycles. The van der Waals surface area contributed by atoms with Crippen LogP contribution in [0.25, 0.3) is 0 Å². The van der Waals surface area contributed by atoms with Crippen LogP contribution in [0.15, 0.2) is 24.3 Å². The molecule has 1 aromatic heterocycles. The molecule has 1 fully saturated rings. The molecule has 1 aliphatic rings. The molecule has 9 heteroatoms. The number of aryl methyl sites for hydroxylation is 2. The molecule has 1 N–H and O–H groups in total. The van der Waals surface area contributed by atoms with Crippen molar-refractivity contribution in [2.45, 2.75) is 52.4 Å². The lowest BCUT2D eigenvalue weighted by molar-refractivity contribution is -0.135. The van der Waals surface area contributed by atoms with Crippen LogP contribution in [0.4, 0.5) is 8.78 Å². The zero-order valence-corrected chi connectivity index (χ0v) is 16.4. The van der Waals surface area contributed by atoms with Crippen molar-refractivity contribution in [1.82, 2.24) is 15.2 Å². The van der Waals surface area contributed by atoms with E-state index in [0.29, 0.717) is 19.4 Å². The van der Waals surface area contributed by atoms with Crippen molar-refractivity contribution in [1.29, 1.82) is 0 Å². The number of rotatable bonds is 7. The molecule has 150 valence electrons. The number of likely N-dealkylation sites (tertiary alicyclic amines) is 1. The van der Waals surface area contributed by atoms with Gasteiger partial charge in [0.2, 0.25) is 11.8 Å². The van der Waals surface area contributed by atoms with Gasteiger partial charge in [-0.05, 0) is 38.0 Å². The van der Waals surface area contributed by atoms with Gasteiger partial charge in [-0.25, -0.2) is 4.98 Å². The molecule has 2 amide bonds. The smallest absolute Gasteiger partial charge is 0.387 e. The van der Waals surface area contributed by atoms with Gasteiger partial charge in [0.25, 0.3) is 0 Å². The molecule has 0 spiro atoms. The van der Waals surface area contributed by atoms with Gasteiger partial charge in [-0.15, -0.1) is 11.3 Å². The number of benzene rings is 1. The molecule has 6 nitrogen and oxygen atoms in total. The zero-order chi connectivity index (χ0) is 20.3. The molecule has 0 saturated carbocycles. The van der Waals surface area contributed by atoms with E-state index >= 15 is 0 Å². The van der Waals surface area contributed by atoms with Gasteiger partial charge in [0.15, 0.2) is 0 Å². The summed E-state index contributed by atoms with van der Waals surface area (Å²) in [6.45, 7) is 1.58. The average Bonchev–Trinajstić information content (AvgIpc) is 3.16. The largest absolute Gasteiger partial charge is 0.435 e. The van der Waals surface area contributed by atoms with Crippen molar-refractivity contribution in [3.05, 3.63) is 45.4 Å². The summed E-state index contributed by atoms with van der Waals surface area (Å²) in [5.41, 5.74) is 1.69. The Morgan fingerprint density at radius 3 is 2.68 bits per heavy atom. The highest BCUT2D eigenvalue weighted by Gasteiger charge is 2.35. The Morgan fingerprint density at radius 2 is 2.07 bits per heavy atom. The minimum atomic E-state index is -2.88. The number of alkyl halides is 2. The molecule has 28 heavy (non-hydrogen) atoms. The van der Waals surface area contributed by atoms with E-state index in [1.54, 1.807) is 12.1 Å². The minimum absolute atomic E-state index is 0.0508. The van der Waals surface area contributed by atoms with Gasteiger partial charge in [0.1, 0.15) is 16.8 Å². The van der Waals surface area contributed by atoms with Gasteiger partial charge < -0.3 is 15.0 Å². The summed E-state index contributed by atoms with van der Waals surface area (Å²) in [6, 6.07) is 5.51. The third-order valence-corrected chi connectivity index (χ3v) is 5.69. The molecule has 2 heterocycles. The van der Waals surface area contributed by atoms with E-state index in [1.165, 1.54) is 28.4 Å². The van der Waals surface area contributed by atoms with Gasteiger partial charge in [-0.3, -0.25) is 9.59 Å². The first-order valence-electron chi connectivity index (χ1n) is 8.87. The lowest BCUT2D eigenvalue weighted by atomic mass is 10.1. The van der Waals surface area contributed by atoms with Gasteiger partial charge in [0, 0.05) is 17.8 Å². The van der Waals surface area contributed by atoms with E-state index < -0.39 is 12.7 Å². The monoisotopic (exact) mass is 409 g/mol. The van der Waals surface area contributed by atoms with Crippen LogP contribution >= 0.6 is 11.3 Å². The van der Waals surface area contributed by atoms with Gasteiger partial charge in [0.05, 0.1) is 12.2 Å². The second-order valence-corrected chi connectivity index (χ2v) is 7.85. The minimum Gasteiger partial charge on any atom is -0.435 e. The standard InChI is InChI=1S/C19H21F2N3O3S/c1-11-12(2)28-16(23-11)9-22-18(26)15-7-8-17(25)24(15)10-13-3-5-14(6-4-13)27-19(20)21/h3-6,15,19H,7-10H2,1-2H3,(H,22,26). The zero-order valence-electron chi connectivity index (χ0n) is 15.6. The summed E-state index contributed by atoms with van der Waals surface area (Å²) < 4.78 is 28.8. The Hall–Kier alpha value is -2.55. The fraction of sp³-hybridized carbons (Fsp3) is 0.421. The number of nitrogens with zero attached hydrogens (tertiary/aromatic N) is 2. The van der Waals surface area contributed by atoms with Crippen LogP contribution in [0, 0.1) is 13.8 Å². The number of hydrogen-bond acceptors (Lipinski definition) is 5. The summed E-state index contributed by atoms with van der Waals surface area (Å²) in [4.78, 5) is 31.9. The highest BCUT2D eigenvalue weighted by Crippen LogP contribution is 2.24. The molecule has 1 unspecified atom stereocenters. The first-order valence-corrected chi connectivity index (χ1v) is 9.69. The maximum Gasteiger partial charge on any atom is 0.387 e. The van der Waals surface area contributed by atoms with Crippen molar-refractivity contribution in [3.8, 4) is 5.75 Å². The normalized spacial score (nSPS) is 16.7.